The Kier molecular flexibility index (Phi) is 4.21. The molecule has 1 aromatic rings. The molecule has 0 saturated heterocycles. The molecular weight excluding hydrogens is 270 g/mol. The molecule has 0 unspecified atom stereocenters. The average Bonchev–Trinajstić information content (AvgIpc) is 3.06. The van der Waals surface area contributed by atoms with E-state index in [2.05, 4.69) is 13.8 Å². The van der Waals surface area contributed by atoms with Crippen molar-refractivity contribution < 1.29 is 19.4 Å². The number of nitrogens with zero attached hydrogens (tertiary/aromatic N) is 1. The van der Waals surface area contributed by atoms with Crippen molar-refractivity contribution in [1.29, 1.82) is 0 Å². The van der Waals surface area contributed by atoms with E-state index >= 15 is 0 Å². The van der Waals surface area contributed by atoms with Gasteiger partial charge in [0.2, 0.25) is 5.91 Å². The number of ether oxygens (including phenoxy) is 1. The van der Waals surface area contributed by atoms with E-state index in [4.69, 9.17) is 9.84 Å². The van der Waals surface area contributed by atoms with Gasteiger partial charge in [0.05, 0.1) is 0 Å². The van der Waals surface area contributed by atoms with Crippen LogP contribution in [0.25, 0.3) is 0 Å². The summed E-state index contributed by atoms with van der Waals surface area (Å²) in [6.45, 7) is 4.41. The summed E-state index contributed by atoms with van der Waals surface area (Å²) in [5.74, 6) is -0.165. The topological polar surface area (TPSA) is 66.8 Å². The molecule has 21 heavy (non-hydrogen) atoms. The molecule has 0 radical (unpaired) electrons. The number of amides is 1. The maximum absolute atomic E-state index is 12.2. The van der Waals surface area contributed by atoms with Gasteiger partial charge in [0, 0.05) is 19.5 Å². The molecule has 1 aliphatic carbocycles. The summed E-state index contributed by atoms with van der Waals surface area (Å²) in [7, 11) is 1.81. The van der Waals surface area contributed by atoms with Crippen LogP contribution in [0.4, 0.5) is 0 Å². The van der Waals surface area contributed by atoms with Crippen molar-refractivity contribution in [1.82, 2.24) is 4.90 Å². The first-order valence-corrected chi connectivity index (χ1v) is 6.98. The van der Waals surface area contributed by atoms with Crippen LogP contribution in [0.5, 0.6) is 5.75 Å². The van der Waals surface area contributed by atoms with Gasteiger partial charge in [-0.25, -0.2) is 4.79 Å². The number of aliphatic carboxylic acids is 1. The minimum Gasteiger partial charge on any atom is -0.482 e. The second-order valence-corrected chi connectivity index (χ2v) is 6.27. The van der Waals surface area contributed by atoms with Gasteiger partial charge >= 0.3 is 5.97 Å². The molecule has 0 spiro atoms. The lowest BCUT2D eigenvalue weighted by molar-refractivity contribution is -0.139. The van der Waals surface area contributed by atoms with Gasteiger partial charge in [-0.05, 0) is 29.5 Å². The van der Waals surface area contributed by atoms with Crippen LogP contribution < -0.4 is 4.74 Å². The smallest absolute Gasteiger partial charge is 0.341 e. The predicted molar refractivity (Wildman–Crippen MR) is 77.9 cm³/mol. The molecule has 0 bridgehead atoms. The van der Waals surface area contributed by atoms with Crippen molar-refractivity contribution in [3.05, 3.63) is 29.8 Å². The fraction of sp³-hybridized carbons (Fsp3) is 0.500. The van der Waals surface area contributed by atoms with Gasteiger partial charge in [-0.2, -0.15) is 0 Å². The summed E-state index contributed by atoms with van der Waals surface area (Å²) < 4.78 is 5.07. The van der Waals surface area contributed by atoms with Crippen molar-refractivity contribution in [2.24, 2.45) is 11.3 Å². The van der Waals surface area contributed by atoms with Crippen molar-refractivity contribution in [2.45, 2.75) is 26.8 Å². The summed E-state index contributed by atoms with van der Waals surface area (Å²) in [6, 6.07) is 7.13. The Hall–Kier alpha value is -2.04. The molecule has 1 saturated carbocycles. The number of carbonyl (C=O) groups is 2. The zero-order valence-corrected chi connectivity index (χ0v) is 12.6. The van der Waals surface area contributed by atoms with Crippen LogP contribution in [0.3, 0.4) is 0 Å². The van der Waals surface area contributed by atoms with Crippen LogP contribution in [-0.2, 0) is 16.1 Å². The van der Waals surface area contributed by atoms with Gasteiger partial charge in [0.1, 0.15) is 5.75 Å². The number of carboxylic acids is 1. The van der Waals surface area contributed by atoms with E-state index in [1.54, 1.807) is 17.0 Å². The Morgan fingerprint density at radius 3 is 2.38 bits per heavy atom. The van der Waals surface area contributed by atoms with Crippen molar-refractivity contribution in [3.8, 4) is 5.75 Å². The third kappa shape index (κ3) is 3.97. The number of hydrogen-bond acceptors (Lipinski definition) is 3. The van der Waals surface area contributed by atoms with Crippen LogP contribution >= 0.6 is 0 Å². The molecule has 0 aliphatic heterocycles. The largest absolute Gasteiger partial charge is 0.482 e. The fourth-order valence-corrected chi connectivity index (χ4v) is 2.34. The second kappa shape index (κ2) is 5.76. The highest BCUT2D eigenvalue weighted by molar-refractivity contribution is 5.82. The first-order valence-electron chi connectivity index (χ1n) is 6.98. The zero-order valence-electron chi connectivity index (χ0n) is 12.6. The summed E-state index contributed by atoms with van der Waals surface area (Å²) in [5.41, 5.74) is 1.13. The van der Waals surface area contributed by atoms with E-state index in [1.807, 2.05) is 19.2 Å². The SMILES string of the molecule is CN(Cc1ccc(OCC(=O)O)cc1)C(=O)[C@H]1CC1(C)C. The van der Waals surface area contributed by atoms with E-state index in [-0.39, 0.29) is 23.8 Å². The minimum absolute atomic E-state index is 0.139. The molecule has 114 valence electrons. The lowest BCUT2D eigenvalue weighted by Gasteiger charge is -2.18. The summed E-state index contributed by atoms with van der Waals surface area (Å²) in [5, 5.41) is 8.54. The maximum atomic E-state index is 12.2. The van der Waals surface area contributed by atoms with Crippen molar-refractivity contribution in [2.75, 3.05) is 13.7 Å². The van der Waals surface area contributed by atoms with Gasteiger partial charge in [0.15, 0.2) is 6.61 Å². The van der Waals surface area contributed by atoms with Gasteiger partial charge in [0.25, 0.3) is 0 Å². The number of carboxylic acid groups (broad SMARTS) is 1. The van der Waals surface area contributed by atoms with E-state index in [0.29, 0.717) is 12.3 Å². The van der Waals surface area contributed by atoms with Gasteiger partial charge < -0.3 is 14.7 Å². The summed E-state index contributed by atoms with van der Waals surface area (Å²) in [6.07, 6.45) is 0.956. The highest BCUT2D eigenvalue weighted by atomic mass is 16.5. The average molecular weight is 291 g/mol. The molecule has 1 N–H and O–H groups in total. The second-order valence-electron chi connectivity index (χ2n) is 6.27. The molecule has 5 nitrogen and oxygen atoms in total. The molecule has 0 aromatic heterocycles. The molecule has 1 fully saturated rings. The Labute approximate surface area is 124 Å². The van der Waals surface area contributed by atoms with E-state index in [9.17, 15) is 9.59 Å². The number of carbonyl (C=O) groups excluding carboxylic acids is 1. The summed E-state index contributed by atoms with van der Waals surface area (Å²) in [4.78, 5) is 24.4. The first kappa shape index (κ1) is 15.4. The quantitative estimate of drug-likeness (QED) is 0.872. The van der Waals surface area contributed by atoms with Gasteiger partial charge in [-0.15, -0.1) is 0 Å². The Morgan fingerprint density at radius 1 is 1.33 bits per heavy atom. The molecule has 5 heteroatoms. The Morgan fingerprint density at radius 2 is 1.90 bits per heavy atom. The van der Waals surface area contributed by atoms with Crippen molar-refractivity contribution in [3.63, 3.8) is 0 Å². The fourth-order valence-electron chi connectivity index (χ4n) is 2.34. The van der Waals surface area contributed by atoms with Crippen LogP contribution in [0.15, 0.2) is 24.3 Å². The number of benzene rings is 1. The first-order chi connectivity index (χ1) is 9.79. The monoisotopic (exact) mass is 291 g/mol. The van der Waals surface area contributed by atoms with Crippen molar-refractivity contribution >= 4 is 11.9 Å². The third-order valence-electron chi connectivity index (χ3n) is 3.89. The zero-order chi connectivity index (χ0) is 15.6. The van der Waals surface area contributed by atoms with E-state index in [0.717, 1.165) is 12.0 Å². The summed E-state index contributed by atoms with van der Waals surface area (Å²) >= 11 is 0. The molecule has 0 heterocycles. The van der Waals surface area contributed by atoms with Gasteiger partial charge in [-0.1, -0.05) is 26.0 Å². The molecular formula is C16H21NO4. The van der Waals surface area contributed by atoms with Crippen LogP contribution in [-0.4, -0.2) is 35.5 Å². The Bertz CT molecular complexity index is 536. The number of rotatable bonds is 6. The normalized spacial score (nSPS) is 18.9. The minimum atomic E-state index is -1.00. The molecule has 2 rings (SSSR count). The van der Waals surface area contributed by atoms with E-state index in [1.165, 1.54) is 0 Å². The highest BCUT2D eigenvalue weighted by Gasteiger charge is 2.51. The van der Waals surface area contributed by atoms with E-state index < -0.39 is 5.97 Å². The van der Waals surface area contributed by atoms with Crippen LogP contribution in [0, 0.1) is 11.3 Å². The third-order valence-corrected chi connectivity index (χ3v) is 3.89. The van der Waals surface area contributed by atoms with Gasteiger partial charge in [-0.3, -0.25) is 4.79 Å². The Balaban J connectivity index is 1.88. The molecule has 1 aliphatic rings. The maximum Gasteiger partial charge on any atom is 0.341 e. The van der Waals surface area contributed by atoms with Crippen LogP contribution in [0.1, 0.15) is 25.8 Å². The molecule has 1 aromatic carbocycles. The van der Waals surface area contributed by atoms with Crippen LogP contribution in [0.2, 0.25) is 0 Å². The highest BCUT2D eigenvalue weighted by Crippen LogP contribution is 2.52. The lowest BCUT2D eigenvalue weighted by Crippen LogP contribution is -2.28. The number of hydrogen-bond donors (Lipinski definition) is 1. The standard InChI is InChI=1S/C16H21NO4/c1-16(2)8-13(16)15(20)17(3)9-11-4-6-12(7-5-11)21-10-14(18)19/h4-7,13H,8-10H2,1-3H3,(H,18,19)/t13-/m1/s1. The predicted octanol–water partition coefficient (Wildman–Crippen LogP) is 2.15. The molecule has 1 amide bonds. The molecule has 1 atom stereocenters. The lowest BCUT2D eigenvalue weighted by atomic mass is 10.1.